The monoisotopic (exact) mass is 210 g/mol. The number of nitrogens with zero attached hydrogens (tertiary/aromatic N) is 1. The van der Waals surface area contributed by atoms with Gasteiger partial charge in [0.05, 0.1) is 6.04 Å². The largest absolute Gasteiger partial charge is 0.335 e. The Labute approximate surface area is 87.4 Å². The number of carbonyl (C=O) groups excluding carboxylic acids is 1. The van der Waals surface area contributed by atoms with Gasteiger partial charge in [0.15, 0.2) is 0 Å². The Morgan fingerprint density at radius 3 is 2.79 bits per heavy atom. The van der Waals surface area contributed by atoms with Crippen LogP contribution in [0.3, 0.4) is 0 Å². The van der Waals surface area contributed by atoms with E-state index in [1.165, 1.54) is 0 Å². The van der Waals surface area contributed by atoms with Crippen LogP contribution in [0.1, 0.15) is 11.6 Å². The maximum Gasteiger partial charge on any atom is 0.242 e. The number of likely N-dealkylation sites (N-methyl/N-ethyl adjacent to an activating group) is 1. The molecule has 1 fully saturated rings. The lowest BCUT2D eigenvalue weighted by atomic mass is 9.90. The van der Waals surface area contributed by atoms with Crippen LogP contribution >= 0.6 is 11.6 Å². The van der Waals surface area contributed by atoms with E-state index in [4.69, 9.17) is 17.3 Å². The number of halogens is 1. The van der Waals surface area contributed by atoms with Crippen molar-refractivity contribution in [1.29, 1.82) is 0 Å². The first kappa shape index (κ1) is 9.49. The highest BCUT2D eigenvalue weighted by Crippen LogP contribution is 2.32. The smallest absolute Gasteiger partial charge is 0.242 e. The van der Waals surface area contributed by atoms with Gasteiger partial charge < -0.3 is 10.6 Å². The Balaban J connectivity index is 2.28. The summed E-state index contributed by atoms with van der Waals surface area (Å²) in [5.41, 5.74) is 6.70. The van der Waals surface area contributed by atoms with Crippen LogP contribution in [-0.2, 0) is 4.79 Å². The van der Waals surface area contributed by atoms with Crippen LogP contribution in [0.25, 0.3) is 0 Å². The van der Waals surface area contributed by atoms with Crippen molar-refractivity contribution in [3.63, 3.8) is 0 Å². The number of hydrogen-bond acceptors (Lipinski definition) is 2. The van der Waals surface area contributed by atoms with Crippen LogP contribution in [0.2, 0.25) is 5.02 Å². The molecule has 1 aliphatic heterocycles. The lowest BCUT2D eigenvalue weighted by Gasteiger charge is -2.43. The number of amides is 1. The summed E-state index contributed by atoms with van der Waals surface area (Å²) in [7, 11) is 1.75. The van der Waals surface area contributed by atoms with Crippen molar-refractivity contribution in [3.8, 4) is 0 Å². The number of carbonyl (C=O) groups is 1. The molecule has 1 aromatic carbocycles. The van der Waals surface area contributed by atoms with Crippen molar-refractivity contribution in [2.75, 3.05) is 7.05 Å². The third-order valence-corrected chi connectivity index (χ3v) is 2.82. The molecule has 1 aliphatic rings. The van der Waals surface area contributed by atoms with E-state index < -0.39 is 6.04 Å². The minimum absolute atomic E-state index is 0.0185. The highest BCUT2D eigenvalue weighted by Gasteiger charge is 2.43. The fourth-order valence-electron chi connectivity index (χ4n) is 1.79. The van der Waals surface area contributed by atoms with Gasteiger partial charge in [0.25, 0.3) is 0 Å². The second-order valence-electron chi connectivity index (χ2n) is 3.47. The molecule has 0 unspecified atom stereocenters. The Hall–Kier alpha value is -1.06. The van der Waals surface area contributed by atoms with Crippen molar-refractivity contribution in [2.24, 2.45) is 5.73 Å². The molecule has 1 amide bonds. The zero-order chi connectivity index (χ0) is 10.3. The third-order valence-electron chi connectivity index (χ3n) is 2.58. The predicted molar refractivity (Wildman–Crippen MR) is 54.9 cm³/mol. The van der Waals surface area contributed by atoms with E-state index in [0.29, 0.717) is 5.02 Å². The molecule has 0 aromatic heterocycles. The van der Waals surface area contributed by atoms with E-state index in [2.05, 4.69) is 0 Å². The molecule has 1 heterocycles. The molecule has 74 valence electrons. The van der Waals surface area contributed by atoms with Gasteiger partial charge in [-0.15, -0.1) is 0 Å². The Bertz CT molecular complexity index is 368. The first-order chi connectivity index (χ1) is 6.61. The molecule has 0 aliphatic carbocycles. The van der Waals surface area contributed by atoms with Gasteiger partial charge in [0.2, 0.25) is 5.91 Å². The lowest BCUT2D eigenvalue weighted by molar-refractivity contribution is -0.147. The second-order valence-corrected chi connectivity index (χ2v) is 3.91. The zero-order valence-corrected chi connectivity index (χ0v) is 8.53. The van der Waals surface area contributed by atoms with Gasteiger partial charge in [-0.3, -0.25) is 4.79 Å². The minimum atomic E-state index is -0.418. The van der Waals surface area contributed by atoms with Gasteiger partial charge in [0.1, 0.15) is 6.04 Å². The standard InChI is InChI=1S/C10H11ClN2O/c1-13-9(8(12)10(13)14)6-3-2-4-7(11)5-6/h2-5,8-9H,12H2,1H3/t8-,9+/m0/s1. The van der Waals surface area contributed by atoms with Gasteiger partial charge in [0, 0.05) is 12.1 Å². The maximum atomic E-state index is 11.2. The summed E-state index contributed by atoms with van der Waals surface area (Å²) in [6.45, 7) is 0. The third kappa shape index (κ3) is 1.29. The van der Waals surface area contributed by atoms with Crippen molar-refractivity contribution in [3.05, 3.63) is 34.9 Å². The van der Waals surface area contributed by atoms with Gasteiger partial charge in [-0.1, -0.05) is 23.7 Å². The normalized spacial score (nSPS) is 26.2. The predicted octanol–water partition coefficient (Wildman–Crippen LogP) is 1.18. The van der Waals surface area contributed by atoms with Crippen molar-refractivity contribution < 1.29 is 4.79 Å². The minimum Gasteiger partial charge on any atom is -0.335 e. The molecule has 0 saturated carbocycles. The van der Waals surface area contributed by atoms with Crippen LogP contribution in [0, 0.1) is 0 Å². The number of rotatable bonds is 1. The summed E-state index contributed by atoms with van der Waals surface area (Å²) >= 11 is 5.86. The highest BCUT2D eigenvalue weighted by molar-refractivity contribution is 6.30. The highest BCUT2D eigenvalue weighted by atomic mass is 35.5. The maximum absolute atomic E-state index is 11.2. The molecule has 0 spiro atoms. The van der Waals surface area contributed by atoms with E-state index in [1.54, 1.807) is 18.0 Å². The molecule has 4 heteroatoms. The quantitative estimate of drug-likeness (QED) is 0.708. The van der Waals surface area contributed by atoms with Crippen LogP contribution < -0.4 is 5.73 Å². The van der Waals surface area contributed by atoms with Gasteiger partial charge in [-0.2, -0.15) is 0 Å². The summed E-state index contributed by atoms with van der Waals surface area (Å²) < 4.78 is 0. The number of nitrogens with two attached hydrogens (primary N) is 1. The molecular formula is C10H11ClN2O. The molecular weight excluding hydrogens is 200 g/mol. The molecule has 2 N–H and O–H groups in total. The molecule has 1 saturated heterocycles. The molecule has 2 rings (SSSR count). The number of likely N-dealkylation sites (tertiary alicyclic amines) is 1. The Morgan fingerprint density at radius 1 is 1.50 bits per heavy atom. The molecule has 14 heavy (non-hydrogen) atoms. The lowest BCUT2D eigenvalue weighted by Crippen LogP contribution is -2.61. The van der Waals surface area contributed by atoms with Crippen LogP contribution in [0.5, 0.6) is 0 Å². The summed E-state index contributed by atoms with van der Waals surface area (Å²) in [6, 6.07) is 6.99. The van der Waals surface area contributed by atoms with Gasteiger partial charge in [-0.05, 0) is 17.7 Å². The van der Waals surface area contributed by atoms with E-state index in [0.717, 1.165) is 5.56 Å². The average molecular weight is 211 g/mol. The second kappa shape index (κ2) is 3.26. The van der Waals surface area contributed by atoms with Crippen LogP contribution in [0.4, 0.5) is 0 Å². The molecule has 3 nitrogen and oxygen atoms in total. The first-order valence-electron chi connectivity index (χ1n) is 4.39. The summed E-state index contributed by atoms with van der Waals surface area (Å²) in [5.74, 6) is -0.0185. The van der Waals surface area contributed by atoms with E-state index in [-0.39, 0.29) is 11.9 Å². The van der Waals surface area contributed by atoms with Crippen molar-refractivity contribution in [2.45, 2.75) is 12.1 Å². The summed E-state index contributed by atoms with van der Waals surface area (Å²) in [6.07, 6.45) is 0. The number of benzene rings is 1. The molecule has 2 atom stereocenters. The van der Waals surface area contributed by atoms with E-state index in [9.17, 15) is 4.79 Å². The van der Waals surface area contributed by atoms with Crippen LogP contribution in [-0.4, -0.2) is 23.9 Å². The summed E-state index contributed by atoms with van der Waals surface area (Å²) in [5, 5.41) is 0.669. The van der Waals surface area contributed by atoms with Crippen LogP contribution in [0.15, 0.2) is 24.3 Å². The fourth-order valence-corrected chi connectivity index (χ4v) is 1.99. The first-order valence-corrected chi connectivity index (χ1v) is 4.77. The number of hydrogen-bond donors (Lipinski definition) is 1. The molecule has 0 radical (unpaired) electrons. The van der Waals surface area contributed by atoms with Gasteiger partial charge in [-0.25, -0.2) is 0 Å². The fraction of sp³-hybridized carbons (Fsp3) is 0.300. The number of β-lactam (4-membered cyclic amide) rings is 1. The molecule has 1 aromatic rings. The SMILES string of the molecule is CN1C(=O)[C@@H](N)[C@H]1c1cccc(Cl)c1. The van der Waals surface area contributed by atoms with Gasteiger partial charge >= 0.3 is 0 Å². The van der Waals surface area contributed by atoms with E-state index in [1.807, 2.05) is 18.2 Å². The average Bonchev–Trinajstić information content (AvgIpc) is 2.18. The van der Waals surface area contributed by atoms with Crippen molar-refractivity contribution in [1.82, 2.24) is 4.90 Å². The summed E-state index contributed by atoms with van der Waals surface area (Å²) in [4.78, 5) is 12.8. The molecule has 0 bridgehead atoms. The Kier molecular flexibility index (Phi) is 2.21. The topological polar surface area (TPSA) is 46.3 Å². The zero-order valence-electron chi connectivity index (χ0n) is 7.77. The van der Waals surface area contributed by atoms with Crippen molar-refractivity contribution >= 4 is 17.5 Å². The Morgan fingerprint density at radius 2 is 2.21 bits per heavy atom. The van der Waals surface area contributed by atoms with E-state index >= 15 is 0 Å².